The van der Waals surface area contributed by atoms with Crippen molar-refractivity contribution in [3.05, 3.63) is 36.3 Å². The van der Waals surface area contributed by atoms with E-state index in [1.807, 2.05) is 25.5 Å². The number of rotatable bonds is 0. The molecule has 0 saturated carbocycles. The first kappa shape index (κ1) is 6.40. The molecule has 0 N–H and O–H groups in total. The number of hydrogen-bond donors (Lipinski definition) is 0. The van der Waals surface area contributed by atoms with Gasteiger partial charge in [-0.15, -0.1) is 0 Å². The van der Waals surface area contributed by atoms with E-state index >= 15 is 0 Å². The van der Waals surface area contributed by atoms with Gasteiger partial charge in [-0.05, 0) is 11.6 Å². The van der Waals surface area contributed by atoms with Gasteiger partial charge in [0.25, 0.3) is 0 Å². The lowest BCUT2D eigenvalue weighted by molar-refractivity contribution is 1.11. The molecule has 2 rings (SSSR count). The summed E-state index contributed by atoms with van der Waals surface area (Å²) in [4.78, 5) is 6.14. The number of fused-ring (bicyclic) bond motifs is 1. The van der Waals surface area contributed by atoms with Crippen molar-refractivity contribution in [2.24, 2.45) is 0 Å². The van der Waals surface area contributed by atoms with Crippen LogP contribution in [-0.2, 0) is 6.42 Å². The molecule has 2 nitrogen and oxygen atoms in total. The molecule has 0 atom stereocenters. The zero-order valence-corrected chi connectivity index (χ0v) is 6.54. The van der Waals surface area contributed by atoms with E-state index in [1.54, 1.807) is 0 Å². The van der Waals surface area contributed by atoms with Crippen LogP contribution in [0.2, 0.25) is 0 Å². The summed E-state index contributed by atoms with van der Waals surface area (Å²) in [5.74, 6) is 0. The third-order valence-corrected chi connectivity index (χ3v) is 2.12. The number of allylic oxidation sites excluding steroid dienone is 1. The van der Waals surface area contributed by atoms with Crippen molar-refractivity contribution in [3.8, 4) is 0 Å². The van der Waals surface area contributed by atoms with E-state index in [9.17, 15) is 0 Å². The van der Waals surface area contributed by atoms with Crippen LogP contribution >= 0.6 is 0 Å². The molecule has 2 heterocycles. The number of pyridine rings is 1. The van der Waals surface area contributed by atoms with Crippen molar-refractivity contribution >= 4 is 5.69 Å². The number of likely N-dealkylation sites (N-methyl/N-ethyl adjacent to an activating group) is 1. The summed E-state index contributed by atoms with van der Waals surface area (Å²) >= 11 is 0. The molecule has 0 radical (unpaired) electrons. The summed E-state index contributed by atoms with van der Waals surface area (Å²) in [5.41, 5.74) is 3.66. The first-order valence-electron chi connectivity index (χ1n) is 3.63. The highest BCUT2D eigenvalue weighted by atomic mass is 15.1. The second-order valence-corrected chi connectivity index (χ2v) is 2.81. The van der Waals surface area contributed by atoms with Crippen LogP contribution in [0.25, 0.3) is 0 Å². The fourth-order valence-electron chi connectivity index (χ4n) is 1.38. The molecular formula is C9H10N2. The van der Waals surface area contributed by atoms with Crippen molar-refractivity contribution in [2.45, 2.75) is 6.42 Å². The normalized spacial score (nSPS) is 15.4. The van der Waals surface area contributed by atoms with Gasteiger partial charge in [0.15, 0.2) is 0 Å². The second kappa shape index (κ2) is 2.09. The molecule has 1 aliphatic heterocycles. The van der Waals surface area contributed by atoms with Crippen LogP contribution in [0.3, 0.4) is 0 Å². The SMILES string of the molecule is C=C1Cc2ccncc2N1C. The first-order valence-corrected chi connectivity index (χ1v) is 3.63. The average Bonchev–Trinajstić information content (AvgIpc) is 2.30. The third-order valence-electron chi connectivity index (χ3n) is 2.12. The van der Waals surface area contributed by atoms with Crippen molar-refractivity contribution in [2.75, 3.05) is 11.9 Å². The molecule has 56 valence electrons. The molecule has 0 saturated heterocycles. The molecule has 2 heteroatoms. The monoisotopic (exact) mass is 146 g/mol. The summed E-state index contributed by atoms with van der Waals surface area (Å²) in [6.45, 7) is 3.95. The Balaban J connectivity index is 2.55. The minimum absolute atomic E-state index is 0.967. The van der Waals surface area contributed by atoms with Crippen LogP contribution < -0.4 is 4.90 Å². The van der Waals surface area contributed by atoms with Crippen LogP contribution in [-0.4, -0.2) is 12.0 Å². The van der Waals surface area contributed by atoms with Gasteiger partial charge in [0.1, 0.15) is 0 Å². The minimum atomic E-state index is 0.967. The fraction of sp³-hybridized carbons (Fsp3) is 0.222. The Morgan fingerprint density at radius 3 is 3.18 bits per heavy atom. The van der Waals surface area contributed by atoms with Crippen molar-refractivity contribution in [1.82, 2.24) is 4.98 Å². The van der Waals surface area contributed by atoms with E-state index in [0.29, 0.717) is 0 Å². The van der Waals surface area contributed by atoms with Crippen molar-refractivity contribution < 1.29 is 0 Å². The van der Waals surface area contributed by atoms with Gasteiger partial charge in [-0.1, -0.05) is 6.58 Å². The van der Waals surface area contributed by atoms with E-state index in [2.05, 4.69) is 16.5 Å². The van der Waals surface area contributed by atoms with Gasteiger partial charge < -0.3 is 4.90 Å². The molecule has 1 aromatic heterocycles. The molecule has 1 aliphatic rings. The summed E-state index contributed by atoms with van der Waals surface area (Å²) in [6.07, 6.45) is 4.67. The van der Waals surface area contributed by atoms with Crippen LogP contribution in [0.15, 0.2) is 30.7 Å². The van der Waals surface area contributed by atoms with Gasteiger partial charge in [-0.25, -0.2) is 0 Å². The topological polar surface area (TPSA) is 16.1 Å². The molecule has 0 unspecified atom stereocenters. The Kier molecular flexibility index (Phi) is 1.22. The highest BCUT2D eigenvalue weighted by Crippen LogP contribution is 2.30. The van der Waals surface area contributed by atoms with E-state index in [4.69, 9.17) is 0 Å². The van der Waals surface area contributed by atoms with Crippen LogP contribution in [0.5, 0.6) is 0 Å². The van der Waals surface area contributed by atoms with Crippen LogP contribution in [0, 0.1) is 0 Å². The second-order valence-electron chi connectivity index (χ2n) is 2.81. The van der Waals surface area contributed by atoms with E-state index < -0.39 is 0 Å². The van der Waals surface area contributed by atoms with Crippen LogP contribution in [0.1, 0.15) is 5.56 Å². The maximum absolute atomic E-state index is 4.06. The maximum atomic E-state index is 4.06. The van der Waals surface area contributed by atoms with Crippen LogP contribution in [0.4, 0.5) is 5.69 Å². The van der Waals surface area contributed by atoms with Gasteiger partial charge in [-0.3, -0.25) is 4.98 Å². The average molecular weight is 146 g/mol. The van der Waals surface area contributed by atoms with E-state index in [1.165, 1.54) is 11.3 Å². The molecule has 0 bridgehead atoms. The van der Waals surface area contributed by atoms with Gasteiger partial charge in [-0.2, -0.15) is 0 Å². The Hall–Kier alpha value is -1.31. The third kappa shape index (κ3) is 0.827. The predicted molar refractivity (Wildman–Crippen MR) is 45.5 cm³/mol. The molecule has 11 heavy (non-hydrogen) atoms. The first-order chi connectivity index (χ1) is 5.29. The number of nitrogens with zero attached hydrogens (tertiary/aromatic N) is 2. The quantitative estimate of drug-likeness (QED) is 0.552. The summed E-state index contributed by atoms with van der Waals surface area (Å²) in [6, 6.07) is 2.05. The van der Waals surface area contributed by atoms with Gasteiger partial charge in [0.2, 0.25) is 0 Å². The zero-order valence-electron chi connectivity index (χ0n) is 6.54. The molecule has 0 spiro atoms. The smallest absolute Gasteiger partial charge is 0.0628 e. The fourth-order valence-corrected chi connectivity index (χ4v) is 1.38. The van der Waals surface area contributed by atoms with E-state index in [0.717, 1.165) is 12.1 Å². The molecule has 0 aromatic carbocycles. The summed E-state index contributed by atoms with van der Waals surface area (Å²) < 4.78 is 0. The largest absolute Gasteiger partial charge is 0.347 e. The Morgan fingerprint density at radius 2 is 2.45 bits per heavy atom. The molecular weight excluding hydrogens is 136 g/mol. The lowest BCUT2D eigenvalue weighted by atomic mass is 10.2. The van der Waals surface area contributed by atoms with Gasteiger partial charge in [0.05, 0.1) is 11.9 Å². The summed E-state index contributed by atoms with van der Waals surface area (Å²) in [7, 11) is 2.02. The Bertz CT molecular complexity index is 304. The van der Waals surface area contributed by atoms with E-state index in [-0.39, 0.29) is 0 Å². The predicted octanol–water partition coefficient (Wildman–Crippen LogP) is 1.59. The number of anilines is 1. The molecule has 0 amide bonds. The molecule has 1 aromatic rings. The maximum Gasteiger partial charge on any atom is 0.0628 e. The Labute approximate surface area is 66.2 Å². The highest BCUT2D eigenvalue weighted by molar-refractivity contribution is 5.62. The minimum Gasteiger partial charge on any atom is -0.347 e. The van der Waals surface area contributed by atoms with Gasteiger partial charge in [0, 0.05) is 25.4 Å². The zero-order chi connectivity index (χ0) is 7.84. The molecule has 0 aliphatic carbocycles. The lowest BCUT2D eigenvalue weighted by Gasteiger charge is -2.11. The lowest BCUT2D eigenvalue weighted by Crippen LogP contribution is -2.09. The molecule has 0 fully saturated rings. The van der Waals surface area contributed by atoms with Crippen molar-refractivity contribution in [1.29, 1.82) is 0 Å². The van der Waals surface area contributed by atoms with Gasteiger partial charge >= 0.3 is 0 Å². The Morgan fingerprint density at radius 1 is 1.64 bits per heavy atom. The number of aromatic nitrogens is 1. The summed E-state index contributed by atoms with van der Waals surface area (Å²) in [5, 5.41) is 0. The van der Waals surface area contributed by atoms with Crippen molar-refractivity contribution in [3.63, 3.8) is 0 Å². The number of hydrogen-bond acceptors (Lipinski definition) is 2. The highest BCUT2D eigenvalue weighted by Gasteiger charge is 2.18. The standard InChI is InChI=1S/C9H10N2/c1-7-5-8-3-4-10-6-9(8)11(7)2/h3-4,6H,1,5H2,2H3.